The Morgan fingerprint density at radius 1 is 1.05 bits per heavy atom. The summed E-state index contributed by atoms with van der Waals surface area (Å²) in [6.45, 7) is 0. The van der Waals surface area contributed by atoms with Crippen LogP contribution in [0.5, 0.6) is 0 Å². The quantitative estimate of drug-likeness (QED) is 0.859. The van der Waals surface area contributed by atoms with Gasteiger partial charge in [0, 0.05) is 18.0 Å². The van der Waals surface area contributed by atoms with Gasteiger partial charge in [0.1, 0.15) is 17.7 Å². The third-order valence-corrected chi connectivity index (χ3v) is 2.73. The van der Waals surface area contributed by atoms with Crippen molar-refractivity contribution in [3.63, 3.8) is 0 Å². The number of aromatic nitrogens is 1. The van der Waals surface area contributed by atoms with E-state index in [1.807, 2.05) is 0 Å². The fraction of sp³-hybridized carbons (Fsp3) is 0.154. The number of halogens is 5. The number of hydrogen-bond donors (Lipinski definition) is 1. The molecule has 2 rings (SSSR count). The van der Waals surface area contributed by atoms with Crippen molar-refractivity contribution in [2.45, 2.75) is 12.3 Å². The summed E-state index contributed by atoms with van der Waals surface area (Å²) < 4.78 is 65.4. The Kier molecular flexibility index (Phi) is 3.71. The average Bonchev–Trinajstić information content (AvgIpc) is 2.37. The first-order valence-corrected chi connectivity index (χ1v) is 5.45. The van der Waals surface area contributed by atoms with E-state index < -0.39 is 40.6 Å². The Morgan fingerprint density at radius 2 is 1.65 bits per heavy atom. The Morgan fingerprint density at radius 3 is 2.20 bits per heavy atom. The van der Waals surface area contributed by atoms with Gasteiger partial charge in [-0.05, 0) is 18.2 Å². The Labute approximate surface area is 110 Å². The van der Waals surface area contributed by atoms with E-state index in [1.165, 1.54) is 0 Å². The first-order chi connectivity index (χ1) is 9.32. The lowest BCUT2D eigenvalue weighted by atomic mass is 9.97. The van der Waals surface area contributed by atoms with Crippen LogP contribution in [0.4, 0.5) is 22.0 Å². The van der Waals surface area contributed by atoms with Crippen LogP contribution in [0.15, 0.2) is 36.7 Å². The molecule has 0 aliphatic carbocycles. The minimum atomic E-state index is -4.76. The highest BCUT2D eigenvalue weighted by Gasteiger charge is 2.36. The molecule has 1 N–H and O–H groups in total. The summed E-state index contributed by atoms with van der Waals surface area (Å²) in [4.78, 5) is 3.46. The molecule has 0 radical (unpaired) electrons. The highest BCUT2D eigenvalue weighted by Crippen LogP contribution is 2.37. The van der Waals surface area contributed by atoms with Gasteiger partial charge in [-0.25, -0.2) is 8.78 Å². The molecule has 1 unspecified atom stereocenters. The lowest BCUT2D eigenvalue weighted by Crippen LogP contribution is -2.15. The standard InChI is InChI=1S/C13H8F5NO/c14-9-2-1-3-10(15)11(9)12(20)7-6-19-5-4-8(7)13(16,17)18/h1-6,12,20H. The molecular formula is C13H8F5NO. The molecule has 1 aromatic heterocycles. The molecule has 1 heterocycles. The average molecular weight is 289 g/mol. The van der Waals surface area contributed by atoms with Crippen LogP contribution in [0.25, 0.3) is 0 Å². The molecule has 0 aliphatic rings. The molecule has 7 heteroatoms. The predicted molar refractivity (Wildman–Crippen MR) is 59.7 cm³/mol. The van der Waals surface area contributed by atoms with E-state index >= 15 is 0 Å². The maximum atomic E-state index is 13.5. The number of benzene rings is 1. The SMILES string of the molecule is OC(c1cnccc1C(F)(F)F)c1c(F)cccc1F. The zero-order chi connectivity index (χ0) is 14.9. The largest absolute Gasteiger partial charge is 0.416 e. The molecule has 0 amide bonds. The zero-order valence-electron chi connectivity index (χ0n) is 9.83. The van der Waals surface area contributed by atoms with Gasteiger partial charge >= 0.3 is 6.18 Å². The van der Waals surface area contributed by atoms with E-state index in [0.717, 1.165) is 30.6 Å². The van der Waals surface area contributed by atoms with Crippen molar-refractivity contribution in [2.75, 3.05) is 0 Å². The van der Waals surface area contributed by atoms with Crippen LogP contribution in [0.1, 0.15) is 22.8 Å². The number of rotatable bonds is 2. The summed E-state index contributed by atoms with van der Waals surface area (Å²) in [6.07, 6.45) is -5.24. The van der Waals surface area contributed by atoms with Gasteiger partial charge in [-0.3, -0.25) is 4.98 Å². The van der Waals surface area contributed by atoms with Gasteiger partial charge in [0.25, 0.3) is 0 Å². The van der Waals surface area contributed by atoms with Crippen molar-refractivity contribution in [3.05, 3.63) is 65.0 Å². The van der Waals surface area contributed by atoms with Crippen molar-refractivity contribution in [3.8, 4) is 0 Å². The number of alkyl halides is 3. The van der Waals surface area contributed by atoms with Crippen LogP contribution in [-0.2, 0) is 6.18 Å². The summed E-state index contributed by atoms with van der Waals surface area (Å²) in [6, 6.07) is 3.39. The molecule has 106 valence electrons. The lowest BCUT2D eigenvalue weighted by molar-refractivity contribution is -0.139. The second-order valence-corrected chi connectivity index (χ2v) is 4.00. The number of pyridine rings is 1. The van der Waals surface area contributed by atoms with Crippen LogP contribution < -0.4 is 0 Å². The van der Waals surface area contributed by atoms with E-state index in [9.17, 15) is 27.1 Å². The molecule has 20 heavy (non-hydrogen) atoms. The van der Waals surface area contributed by atoms with Crippen LogP contribution in [0.3, 0.4) is 0 Å². The summed E-state index contributed by atoms with van der Waals surface area (Å²) in [5, 5.41) is 9.88. The van der Waals surface area contributed by atoms with Gasteiger partial charge in [-0.15, -0.1) is 0 Å². The van der Waals surface area contributed by atoms with Crippen molar-refractivity contribution in [1.29, 1.82) is 0 Å². The van der Waals surface area contributed by atoms with Crippen molar-refractivity contribution in [1.82, 2.24) is 4.98 Å². The second kappa shape index (κ2) is 5.16. The summed E-state index contributed by atoms with van der Waals surface area (Å²) in [7, 11) is 0. The zero-order valence-corrected chi connectivity index (χ0v) is 9.83. The van der Waals surface area contributed by atoms with Gasteiger partial charge in [0.2, 0.25) is 0 Å². The van der Waals surface area contributed by atoms with Crippen molar-refractivity contribution >= 4 is 0 Å². The molecule has 0 fully saturated rings. The number of aliphatic hydroxyl groups is 1. The van der Waals surface area contributed by atoms with Gasteiger partial charge in [0.05, 0.1) is 11.1 Å². The first-order valence-electron chi connectivity index (χ1n) is 5.45. The highest BCUT2D eigenvalue weighted by molar-refractivity contribution is 5.36. The fourth-order valence-corrected chi connectivity index (χ4v) is 1.81. The molecule has 0 spiro atoms. The van der Waals surface area contributed by atoms with Gasteiger partial charge in [-0.1, -0.05) is 6.07 Å². The number of hydrogen-bond acceptors (Lipinski definition) is 2. The molecule has 0 aliphatic heterocycles. The lowest BCUT2D eigenvalue weighted by Gasteiger charge is -2.18. The maximum Gasteiger partial charge on any atom is 0.416 e. The first kappa shape index (κ1) is 14.4. The monoisotopic (exact) mass is 289 g/mol. The second-order valence-electron chi connectivity index (χ2n) is 4.00. The molecule has 2 aromatic rings. The van der Waals surface area contributed by atoms with Crippen LogP contribution in [-0.4, -0.2) is 10.1 Å². The molecule has 0 saturated heterocycles. The Balaban J connectivity index is 2.58. The predicted octanol–water partition coefficient (Wildman–Crippen LogP) is 3.46. The van der Waals surface area contributed by atoms with E-state index in [0.29, 0.717) is 6.07 Å². The smallest absolute Gasteiger partial charge is 0.383 e. The third kappa shape index (κ3) is 2.62. The maximum absolute atomic E-state index is 13.5. The van der Waals surface area contributed by atoms with Crippen molar-refractivity contribution < 1.29 is 27.1 Å². The van der Waals surface area contributed by atoms with E-state index in [4.69, 9.17) is 0 Å². The summed E-state index contributed by atoms with van der Waals surface area (Å²) in [5.41, 5.74) is -2.74. The van der Waals surface area contributed by atoms with E-state index in [1.54, 1.807) is 0 Å². The van der Waals surface area contributed by atoms with E-state index in [2.05, 4.69) is 4.98 Å². The van der Waals surface area contributed by atoms with Crippen molar-refractivity contribution in [2.24, 2.45) is 0 Å². The normalized spacial score (nSPS) is 13.3. The van der Waals surface area contributed by atoms with Gasteiger partial charge < -0.3 is 5.11 Å². The van der Waals surface area contributed by atoms with E-state index in [-0.39, 0.29) is 0 Å². The van der Waals surface area contributed by atoms with Gasteiger partial charge in [0.15, 0.2) is 0 Å². The molecule has 1 atom stereocenters. The fourth-order valence-electron chi connectivity index (χ4n) is 1.81. The molecule has 1 aromatic carbocycles. The Hall–Kier alpha value is -2.02. The third-order valence-electron chi connectivity index (χ3n) is 2.73. The van der Waals surface area contributed by atoms with Gasteiger partial charge in [-0.2, -0.15) is 13.2 Å². The van der Waals surface area contributed by atoms with Crippen LogP contribution in [0, 0.1) is 11.6 Å². The minimum Gasteiger partial charge on any atom is -0.383 e. The summed E-state index contributed by atoms with van der Waals surface area (Å²) in [5.74, 6) is -2.26. The van der Waals surface area contributed by atoms with Crippen LogP contribution >= 0.6 is 0 Å². The topological polar surface area (TPSA) is 33.1 Å². The molecule has 0 saturated carbocycles. The number of aliphatic hydroxyl groups excluding tert-OH is 1. The Bertz CT molecular complexity index is 606. The highest BCUT2D eigenvalue weighted by atomic mass is 19.4. The minimum absolute atomic E-state index is 0.636. The molecular weight excluding hydrogens is 281 g/mol. The summed E-state index contributed by atoms with van der Waals surface area (Å²) >= 11 is 0. The molecule has 2 nitrogen and oxygen atoms in total. The number of nitrogens with zero attached hydrogens (tertiary/aromatic N) is 1. The van der Waals surface area contributed by atoms with Crippen LogP contribution in [0.2, 0.25) is 0 Å². The molecule has 0 bridgehead atoms.